The molecule has 0 spiro atoms. The highest BCUT2D eigenvalue weighted by molar-refractivity contribution is 5.88. The van der Waals surface area contributed by atoms with E-state index >= 15 is 0 Å². The highest BCUT2D eigenvalue weighted by Gasteiger charge is 2.18. The van der Waals surface area contributed by atoms with E-state index in [0.717, 1.165) is 18.2 Å². The van der Waals surface area contributed by atoms with Crippen molar-refractivity contribution in [1.29, 1.82) is 0 Å². The molecule has 0 aliphatic rings. The Bertz CT molecular complexity index is 2060. The van der Waals surface area contributed by atoms with Crippen LogP contribution in [0.25, 0.3) is 44.6 Å². The Labute approximate surface area is 228 Å². The van der Waals surface area contributed by atoms with Gasteiger partial charge in [-0.25, -0.2) is 0 Å². The first-order valence-electron chi connectivity index (χ1n) is 11.8. The van der Waals surface area contributed by atoms with Crippen LogP contribution >= 0.6 is 0 Å². The molecular weight excluding hydrogens is 536 g/mol. The maximum Gasteiger partial charge on any atom is 0.238 e. The molecule has 0 saturated carbocycles. The van der Waals surface area contributed by atoms with Gasteiger partial charge in [0, 0.05) is 41.5 Å². The van der Waals surface area contributed by atoms with E-state index in [-0.39, 0.29) is 62.2 Å². The van der Waals surface area contributed by atoms with Gasteiger partial charge < -0.3 is 44.6 Å². The van der Waals surface area contributed by atoms with Crippen molar-refractivity contribution in [2.75, 3.05) is 0 Å². The van der Waals surface area contributed by atoms with Gasteiger partial charge in [-0.1, -0.05) is 30.3 Å². The van der Waals surface area contributed by atoms with Gasteiger partial charge in [0.15, 0.2) is 22.7 Å². The normalized spacial score (nSPS) is 10.8. The molecule has 0 atom stereocenters. The van der Waals surface area contributed by atoms with Crippen LogP contribution in [0.4, 0.5) is 0 Å². The number of phenols is 6. The first kappa shape index (κ1) is 26.5. The summed E-state index contributed by atoms with van der Waals surface area (Å²) in [6, 6.07) is 18.2. The fraction of sp³-hybridized carbons (Fsp3) is 0. The summed E-state index contributed by atoms with van der Waals surface area (Å²) in [4.78, 5) is 24.1. The van der Waals surface area contributed by atoms with Gasteiger partial charge in [0.1, 0.15) is 50.7 Å². The summed E-state index contributed by atoms with van der Waals surface area (Å²) >= 11 is 0. The zero-order valence-corrected chi connectivity index (χ0v) is 20.8. The molecule has 0 aliphatic carbocycles. The molecule has 0 saturated heterocycles. The molecule has 6 rings (SSSR count). The summed E-state index contributed by atoms with van der Waals surface area (Å²) in [7, 11) is 0. The summed E-state index contributed by atoms with van der Waals surface area (Å²) < 4.78 is 10.9. The molecule has 0 fully saturated rings. The van der Waals surface area contributed by atoms with Crippen molar-refractivity contribution in [1.82, 2.24) is 0 Å². The van der Waals surface area contributed by atoms with Gasteiger partial charge >= 0.3 is 0 Å². The molecule has 0 amide bonds. The van der Waals surface area contributed by atoms with Crippen LogP contribution in [0, 0.1) is 0 Å². The minimum atomic E-state index is -0.748. The number of benzene rings is 4. The largest absolute Gasteiger partial charge is 0.508 e. The molecule has 41 heavy (non-hydrogen) atoms. The van der Waals surface area contributed by atoms with E-state index in [4.69, 9.17) is 8.83 Å². The van der Waals surface area contributed by atoms with Crippen LogP contribution in [0.1, 0.15) is 0 Å². The minimum Gasteiger partial charge on any atom is -0.508 e. The first-order chi connectivity index (χ1) is 19.5. The van der Waals surface area contributed by atoms with E-state index in [2.05, 4.69) is 0 Å². The zero-order chi connectivity index (χ0) is 29.4. The highest BCUT2D eigenvalue weighted by Crippen LogP contribution is 2.35. The van der Waals surface area contributed by atoms with Crippen molar-refractivity contribution in [3.63, 3.8) is 0 Å². The number of phenolic OH excluding ortho intramolecular Hbond substituents is 6. The predicted octanol–water partition coefficient (Wildman–Crippen LogP) is 4.86. The Morgan fingerprint density at radius 3 is 1.76 bits per heavy atom. The molecule has 7 N–H and O–H groups in total. The average molecular weight is 556 g/mol. The second kappa shape index (κ2) is 10.2. The molecule has 4 aromatic carbocycles. The third kappa shape index (κ3) is 5.02. The van der Waals surface area contributed by atoms with Gasteiger partial charge in [0.25, 0.3) is 0 Å². The van der Waals surface area contributed by atoms with E-state index in [1.54, 1.807) is 30.3 Å². The Kier molecular flexibility index (Phi) is 6.61. The number of aromatic hydroxyl groups is 7. The fourth-order valence-corrected chi connectivity index (χ4v) is 4.13. The smallest absolute Gasteiger partial charge is 0.238 e. The summed E-state index contributed by atoms with van der Waals surface area (Å²) in [5.41, 5.74) is -0.329. The maximum absolute atomic E-state index is 12.1. The van der Waals surface area contributed by atoms with Crippen LogP contribution in [0.5, 0.6) is 40.2 Å². The lowest BCUT2D eigenvalue weighted by Crippen LogP contribution is -2.02. The minimum absolute atomic E-state index is 0.00385. The van der Waals surface area contributed by atoms with Crippen LogP contribution in [0.15, 0.2) is 97.3 Å². The summed E-state index contributed by atoms with van der Waals surface area (Å²) in [6.45, 7) is 0. The standard InChI is InChI=1S/C15H10O6.C15H10O5/c16-8-4-11(19)15-12(20)6-13(21-14(15)5-8)7-1-2-9(17)10(18)3-7;16-9-6-10(17)12-11(7-9)20-15(14(19)13(12)18)8-4-2-1-3-5-8/h1-6,16-19H;1-7,16-17,19H. The van der Waals surface area contributed by atoms with E-state index in [9.17, 15) is 45.3 Å². The van der Waals surface area contributed by atoms with Crippen LogP contribution in [-0.2, 0) is 0 Å². The molecule has 0 unspecified atom stereocenters. The van der Waals surface area contributed by atoms with Crippen LogP contribution in [-0.4, -0.2) is 35.7 Å². The second-order valence-electron chi connectivity index (χ2n) is 8.83. The van der Waals surface area contributed by atoms with Gasteiger partial charge in [-0.3, -0.25) is 9.59 Å². The number of rotatable bonds is 2. The maximum atomic E-state index is 12.1. The van der Waals surface area contributed by atoms with Crippen molar-refractivity contribution in [2.24, 2.45) is 0 Å². The number of hydrogen-bond acceptors (Lipinski definition) is 11. The molecule has 11 heteroatoms. The van der Waals surface area contributed by atoms with E-state index in [0.29, 0.717) is 11.1 Å². The third-order valence-corrected chi connectivity index (χ3v) is 6.03. The monoisotopic (exact) mass is 556 g/mol. The molecule has 0 radical (unpaired) electrons. The number of fused-ring (bicyclic) bond motifs is 2. The first-order valence-corrected chi connectivity index (χ1v) is 11.8. The van der Waals surface area contributed by atoms with Crippen molar-refractivity contribution in [3.8, 4) is 62.9 Å². The van der Waals surface area contributed by atoms with Crippen molar-refractivity contribution >= 4 is 21.9 Å². The van der Waals surface area contributed by atoms with Gasteiger partial charge in [0.05, 0.1) is 0 Å². The molecule has 0 aliphatic heterocycles. The van der Waals surface area contributed by atoms with E-state index in [1.807, 2.05) is 0 Å². The van der Waals surface area contributed by atoms with Gasteiger partial charge in [0.2, 0.25) is 11.2 Å². The lowest BCUT2D eigenvalue weighted by atomic mass is 10.1. The molecule has 0 bridgehead atoms. The van der Waals surface area contributed by atoms with Crippen LogP contribution < -0.4 is 10.9 Å². The van der Waals surface area contributed by atoms with Gasteiger partial charge in [-0.05, 0) is 18.2 Å². The van der Waals surface area contributed by atoms with Crippen LogP contribution in [0.3, 0.4) is 0 Å². The Hall–Kier alpha value is -6.10. The van der Waals surface area contributed by atoms with Crippen molar-refractivity contribution in [2.45, 2.75) is 0 Å². The third-order valence-electron chi connectivity index (χ3n) is 6.03. The Morgan fingerprint density at radius 1 is 0.512 bits per heavy atom. The van der Waals surface area contributed by atoms with Crippen molar-refractivity contribution in [3.05, 3.63) is 99.3 Å². The van der Waals surface area contributed by atoms with Crippen LogP contribution in [0.2, 0.25) is 0 Å². The average Bonchev–Trinajstić information content (AvgIpc) is 2.92. The van der Waals surface area contributed by atoms with Gasteiger partial charge in [-0.15, -0.1) is 0 Å². The highest BCUT2D eigenvalue weighted by atomic mass is 16.4. The second-order valence-corrected chi connectivity index (χ2v) is 8.83. The molecule has 11 nitrogen and oxygen atoms in total. The summed E-state index contributed by atoms with van der Waals surface area (Å²) in [5.74, 6) is -2.39. The Morgan fingerprint density at radius 2 is 1.12 bits per heavy atom. The lowest BCUT2D eigenvalue weighted by molar-refractivity contribution is 0.404. The lowest BCUT2D eigenvalue weighted by Gasteiger charge is -2.07. The quantitative estimate of drug-likeness (QED) is 0.144. The SMILES string of the molecule is O=c1c(O)c(-c2ccccc2)oc2cc(O)cc(O)c12.O=c1cc(-c2ccc(O)c(O)c2)oc2cc(O)cc(O)c12. The molecular formula is C30H20O11. The molecule has 2 aromatic heterocycles. The summed E-state index contributed by atoms with van der Waals surface area (Å²) in [5, 5.41) is 66.8. The molecule has 206 valence electrons. The van der Waals surface area contributed by atoms with E-state index < -0.39 is 22.4 Å². The van der Waals surface area contributed by atoms with E-state index in [1.165, 1.54) is 30.3 Å². The zero-order valence-electron chi connectivity index (χ0n) is 20.8. The van der Waals surface area contributed by atoms with Gasteiger partial charge in [-0.2, -0.15) is 0 Å². The summed E-state index contributed by atoms with van der Waals surface area (Å²) in [6.07, 6.45) is 0. The molecule has 2 heterocycles. The van der Waals surface area contributed by atoms with Crippen molar-refractivity contribution < 1.29 is 44.6 Å². The Balaban J connectivity index is 0.000000165. The topological polar surface area (TPSA) is 202 Å². The number of hydrogen-bond donors (Lipinski definition) is 7. The predicted molar refractivity (Wildman–Crippen MR) is 147 cm³/mol. The fourth-order valence-electron chi connectivity index (χ4n) is 4.13. The molecule has 6 aromatic rings.